The molecule has 0 radical (unpaired) electrons. The Morgan fingerprint density at radius 3 is 2.44 bits per heavy atom. The number of benzene rings is 2. The number of ether oxygens (including phenoxy) is 1. The van der Waals surface area contributed by atoms with Gasteiger partial charge in [0.2, 0.25) is 0 Å². The maximum atomic E-state index is 12.7. The molecule has 4 aliphatic heterocycles. The van der Waals surface area contributed by atoms with Crippen LogP contribution in [0.3, 0.4) is 0 Å². The monoisotopic (exact) mass is 491 g/mol. The van der Waals surface area contributed by atoms with Crippen LogP contribution in [-0.4, -0.2) is 95.3 Å². The van der Waals surface area contributed by atoms with E-state index in [1.165, 1.54) is 31.6 Å². The molecule has 4 aliphatic rings. The molecule has 2 bridgehead atoms. The summed E-state index contributed by atoms with van der Waals surface area (Å²) in [5.41, 5.74) is 3.05. The molecule has 1 amide bonds. The van der Waals surface area contributed by atoms with Crippen molar-refractivity contribution < 1.29 is 9.53 Å². The molecule has 4 fully saturated rings. The maximum absolute atomic E-state index is 12.7. The molecule has 2 aromatic carbocycles. The second-order valence-corrected chi connectivity index (χ2v) is 10.8. The van der Waals surface area contributed by atoms with Crippen molar-refractivity contribution in [1.82, 2.24) is 15.1 Å². The van der Waals surface area contributed by atoms with E-state index < -0.39 is 0 Å². The third kappa shape index (κ3) is 5.47. The van der Waals surface area contributed by atoms with Crippen molar-refractivity contribution >= 4 is 17.3 Å². The van der Waals surface area contributed by atoms with E-state index in [1.54, 1.807) is 7.11 Å². The molecule has 194 valence electrons. The summed E-state index contributed by atoms with van der Waals surface area (Å²) in [7, 11) is 5.78. The number of rotatable bonds is 8. The van der Waals surface area contributed by atoms with Crippen molar-refractivity contribution in [3.63, 3.8) is 0 Å². The van der Waals surface area contributed by atoms with Crippen molar-refractivity contribution in [1.29, 1.82) is 0 Å². The Labute approximate surface area is 216 Å². The van der Waals surface area contributed by atoms with Gasteiger partial charge in [0, 0.05) is 77.2 Å². The Bertz CT molecular complexity index is 1020. The Morgan fingerprint density at radius 1 is 1.03 bits per heavy atom. The first-order valence-corrected chi connectivity index (χ1v) is 13.4. The van der Waals surface area contributed by atoms with Crippen LogP contribution >= 0.6 is 0 Å². The van der Waals surface area contributed by atoms with Crippen LogP contribution in [0.25, 0.3) is 0 Å². The SMILES string of the molecule is COc1ccccc1N1CCN(C[C@H]2CN3CC[C@@H]2C[C@@H]3CNC(=O)c2ccc(N(C)C)cc2)CC1. The van der Waals surface area contributed by atoms with Gasteiger partial charge in [-0.1, -0.05) is 12.1 Å². The highest BCUT2D eigenvalue weighted by molar-refractivity contribution is 5.94. The Morgan fingerprint density at radius 2 is 1.78 bits per heavy atom. The quantitative estimate of drug-likeness (QED) is 0.613. The van der Waals surface area contributed by atoms with Crippen molar-refractivity contribution in [2.45, 2.75) is 18.9 Å². The number of anilines is 2. The minimum Gasteiger partial charge on any atom is -0.495 e. The van der Waals surface area contributed by atoms with Crippen LogP contribution in [0, 0.1) is 11.8 Å². The highest BCUT2D eigenvalue weighted by Gasteiger charge is 2.40. The number of nitrogens with one attached hydrogen (secondary N) is 1. The lowest BCUT2D eigenvalue weighted by Crippen LogP contribution is -2.59. The van der Waals surface area contributed by atoms with E-state index in [1.807, 2.05) is 49.3 Å². The molecule has 0 aromatic heterocycles. The minimum atomic E-state index is 0.0346. The number of carbonyl (C=O) groups is 1. The average Bonchev–Trinajstić information content (AvgIpc) is 2.92. The lowest BCUT2D eigenvalue weighted by molar-refractivity contribution is -0.0120. The molecule has 4 heterocycles. The van der Waals surface area contributed by atoms with Crippen LogP contribution in [-0.2, 0) is 0 Å². The Balaban J connectivity index is 1.08. The predicted molar refractivity (Wildman–Crippen MR) is 146 cm³/mol. The highest BCUT2D eigenvalue weighted by atomic mass is 16.5. The van der Waals surface area contributed by atoms with Crippen LogP contribution < -0.4 is 19.9 Å². The van der Waals surface area contributed by atoms with E-state index in [9.17, 15) is 4.79 Å². The first-order chi connectivity index (χ1) is 17.5. The molecule has 1 unspecified atom stereocenters. The summed E-state index contributed by atoms with van der Waals surface area (Å²) in [5.74, 6) is 2.50. The van der Waals surface area contributed by atoms with Crippen molar-refractivity contribution in [3.8, 4) is 5.75 Å². The Kier molecular flexibility index (Phi) is 7.67. The summed E-state index contributed by atoms with van der Waals surface area (Å²) in [6.07, 6.45) is 2.49. The molecule has 1 N–H and O–H groups in total. The minimum absolute atomic E-state index is 0.0346. The third-order valence-electron chi connectivity index (χ3n) is 8.45. The zero-order valence-corrected chi connectivity index (χ0v) is 22.0. The second kappa shape index (κ2) is 11.1. The topological polar surface area (TPSA) is 51.3 Å². The normalized spacial score (nSPS) is 26.0. The summed E-state index contributed by atoms with van der Waals surface area (Å²) in [6.45, 7) is 8.57. The van der Waals surface area contributed by atoms with E-state index in [4.69, 9.17) is 4.74 Å². The third-order valence-corrected chi connectivity index (χ3v) is 8.45. The number of hydrogen-bond donors (Lipinski definition) is 1. The van der Waals surface area contributed by atoms with Gasteiger partial charge in [-0.2, -0.15) is 0 Å². The van der Waals surface area contributed by atoms with Crippen molar-refractivity contribution in [3.05, 3.63) is 54.1 Å². The lowest BCUT2D eigenvalue weighted by Gasteiger charge is -2.51. The number of nitrogens with zero attached hydrogens (tertiary/aromatic N) is 4. The van der Waals surface area contributed by atoms with Gasteiger partial charge in [-0.3, -0.25) is 14.6 Å². The molecular formula is C29H41N5O2. The molecular weight excluding hydrogens is 450 g/mol. The Hall–Kier alpha value is -2.77. The van der Waals surface area contributed by atoms with E-state index in [0.29, 0.717) is 6.04 Å². The highest BCUT2D eigenvalue weighted by Crippen LogP contribution is 2.37. The van der Waals surface area contributed by atoms with Gasteiger partial charge < -0.3 is 19.9 Å². The molecule has 0 saturated carbocycles. The molecule has 0 spiro atoms. The number of hydrogen-bond acceptors (Lipinski definition) is 6. The zero-order chi connectivity index (χ0) is 25.1. The first kappa shape index (κ1) is 24.9. The number of carbonyl (C=O) groups excluding carboxylic acids is 1. The molecule has 2 aromatic rings. The summed E-state index contributed by atoms with van der Waals surface area (Å²) >= 11 is 0. The molecule has 4 saturated heterocycles. The fourth-order valence-corrected chi connectivity index (χ4v) is 6.29. The van der Waals surface area contributed by atoms with Crippen LogP contribution in [0.1, 0.15) is 23.2 Å². The van der Waals surface area contributed by atoms with Gasteiger partial charge in [0.15, 0.2) is 0 Å². The smallest absolute Gasteiger partial charge is 0.251 e. The van der Waals surface area contributed by atoms with Gasteiger partial charge in [-0.25, -0.2) is 0 Å². The average molecular weight is 492 g/mol. The molecule has 36 heavy (non-hydrogen) atoms. The maximum Gasteiger partial charge on any atom is 0.251 e. The molecule has 7 nitrogen and oxygen atoms in total. The number of piperidine rings is 3. The molecule has 7 heteroatoms. The summed E-state index contributed by atoms with van der Waals surface area (Å²) in [4.78, 5) is 22.5. The van der Waals surface area contributed by atoms with Crippen LogP contribution in [0.4, 0.5) is 11.4 Å². The van der Waals surface area contributed by atoms with E-state index in [0.717, 1.165) is 68.1 Å². The zero-order valence-electron chi connectivity index (χ0n) is 22.0. The van der Waals surface area contributed by atoms with Crippen LogP contribution in [0.2, 0.25) is 0 Å². The van der Waals surface area contributed by atoms with Crippen molar-refractivity contribution in [2.75, 3.05) is 83.4 Å². The van der Waals surface area contributed by atoms with Crippen LogP contribution in [0.5, 0.6) is 5.75 Å². The predicted octanol–water partition coefficient (Wildman–Crippen LogP) is 3.02. The molecule has 6 rings (SSSR count). The number of methoxy groups -OCH3 is 1. The van der Waals surface area contributed by atoms with Gasteiger partial charge in [-0.15, -0.1) is 0 Å². The number of amides is 1. The van der Waals surface area contributed by atoms with E-state index in [2.05, 4.69) is 38.2 Å². The summed E-state index contributed by atoms with van der Waals surface area (Å²) in [5, 5.41) is 3.21. The second-order valence-electron chi connectivity index (χ2n) is 10.8. The van der Waals surface area contributed by atoms with Crippen molar-refractivity contribution in [2.24, 2.45) is 11.8 Å². The van der Waals surface area contributed by atoms with Crippen LogP contribution in [0.15, 0.2) is 48.5 Å². The number of piperazine rings is 1. The fraction of sp³-hybridized carbons (Fsp3) is 0.552. The summed E-state index contributed by atoms with van der Waals surface area (Å²) < 4.78 is 5.57. The lowest BCUT2D eigenvalue weighted by atomic mass is 9.75. The fourth-order valence-electron chi connectivity index (χ4n) is 6.29. The van der Waals surface area contributed by atoms with E-state index >= 15 is 0 Å². The van der Waals surface area contributed by atoms with Gasteiger partial charge >= 0.3 is 0 Å². The summed E-state index contributed by atoms with van der Waals surface area (Å²) in [6, 6.07) is 16.7. The van der Waals surface area contributed by atoms with Gasteiger partial charge in [0.05, 0.1) is 12.8 Å². The molecule has 4 atom stereocenters. The first-order valence-electron chi connectivity index (χ1n) is 13.4. The standard InChI is InChI=1S/C29H41N5O2/c1-31(2)25-10-8-22(9-11-25)29(35)30-19-26-18-23-12-13-34(26)21-24(23)20-32-14-16-33(17-15-32)27-6-4-5-7-28(27)36-3/h4-11,23-24,26H,12-21H2,1-3H3,(H,30,35)/t23-,24+,26-/m1/s1. The largest absolute Gasteiger partial charge is 0.495 e. The van der Waals surface area contributed by atoms with E-state index in [-0.39, 0.29) is 5.91 Å². The number of fused-ring (bicyclic) bond motifs is 3. The molecule has 0 aliphatic carbocycles. The van der Waals surface area contributed by atoms with Gasteiger partial charge in [0.1, 0.15) is 5.75 Å². The number of para-hydroxylation sites is 2. The van der Waals surface area contributed by atoms with Gasteiger partial charge in [0.25, 0.3) is 5.91 Å². The van der Waals surface area contributed by atoms with Gasteiger partial charge in [-0.05, 0) is 67.6 Å².